The highest BCUT2D eigenvalue weighted by Crippen LogP contribution is 2.32. The van der Waals surface area contributed by atoms with E-state index >= 15 is 0 Å². The van der Waals surface area contributed by atoms with Crippen molar-refractivity contribution in [2.75, 3.05) is 18.6 Å². The number of imide groups is 1. The lowest BCUT2D eigenvalue weighted by atomic mass is 10.1. The molecule has 1 N–H and O–H groups in total. The fraction of sp³-hybridized carbons (Fsp3) is 0.200. The molecule has 3 aromatic rings. The van der Waals surface area contributed by atoms with Gasteiger partial charge < -0.3 is 15.0 Å². The van der Waals surface area contributed by atoms with E-state index in [0.29, 0.717) is 23.4 Å². The van der Waals surface area contributed by atoms with Gasteiger partial charge in [0.15, 0.2) is 0 Å². The number of anilines is 1. The number of hydrogen-bond acceptors (Lipinski definition) is 7. The summed E-state index contributed by atoms with van der Waals surface area (Å²) in [5, 5.41) is 2.77. The van der Waals surface area contributed by atoms with Gasteiger partial charge in [0.05, 0.1) is 23.3 Å². The minimum absolute atomic E-state index is 0.0965. The third kappa shape index (κ3) is 5.70. The maximum Gasteiger partial charge on any atom is 0.501 e. The van der Waals surface area contributed by atoms with Gasteiger partial charge in [-0.25, -0.2) is 18.1 Å². The second kappa shape index (κ2) is 10.7. The molecule has 1 aromatic heterocycles. The molecule has 0 bridgehead atoms. The lowest BCUT2D eigenvalue weighted by Crippen LogP contribution is -2.33. The van der Waals surface area contributed by atoms with E-state index in [1.54, 1.807) is 31.4 Å². The summed E-state index contributed by atoms with van der Waals surface area (Å²) in [6.07, 6.45) is 2.76. The number of halogens is 3. The number of carbonyl (C=O) groups excluding carboxylic acids is 3. The van der Waals surface area contributed by atoms with Crippen molar-refractivity contribution in [1.29, 1.82) is 0 Å². The summed E-state index contributed by atoms with van der Waals surface area (Å²) in [7, 11) is -4.04. The highest BCUT2D eigenvalue weighted by atomic mass is 32.2. The standard InChI is InChI=1S/C25H21F3N4O6S/c1-38-19-6-2-16(3-7-19)12-30-23(34)21-13-29-11-10-17(21)14-31-15-22(33)32(24(31)35)18-4-8-20(9-5-18)39(36,37)25(26,27)28/h2-11,13H,12,14-15H2,1H3,(H,30,34). The highest BCUT2D eigenvalue weighted by molar-refractivity contribution is 7.92. The number of alkyl halides is 3. The summed E-state index contributed by atoms with van der Waals surface area (Å²) in [6, 6.07) is 11.1. The van der Waals surface area contributed by atoms with Crippen LogP contribution >= 0.6 is 0 Å². The maximum absolute atomic E-state index is 13.0. The summed E-state index contributed by atoms with van der Waals surface area (Å²) < 4.78 is 66.7. The predicted octanol–water partition coefficient (Wildman–Crippen LogP) is 3.28. The number of nitrogens with zero attached hydrogens (tertiary/aromatic N) is 3. The van der Waals surface area contributed by atoms with Crippen LogP contribution in [0.3, 0.4) is 0 Å². The third-order valence-corrected chi connectivity index (χ3v) is 7.38. The molecule has 1 saturated heterocycles. The molecule has 4 amide bonds. The number of benzene rings is 2. The van der Waals surface area contributed by atoms with Crippen molar-refractivity contribution in [1.82, 2.24) is 15.2 Å². The molecule has 39 heavy (non-hydrogen) atoms. The number of carbonyl (C=O) groups is 3. The summed E-state index contributed by atoms with van der Waals surface area (Å²) in [6.45, 7) is -0.280. The molecule has 0 atom stereocenters. The molecule has 1 aliphatic rings. The van der Waals surface area contributed by atoms with Crippen molar-refractivity contribution in [3.63, 3.8) is 0 Å². The van der Waals surface area contributed by atoms with Gasteiger partial charge in [0.1, 0.15) is 12.3 Å². The zero-order chi connectivity index (χ0) is 28.4. The molecule has 0 spiro atoms. The average molecular weight is 563 g/mol. The van der Waals surface area contributed by atoms with Crippen molar-refractivity contribution in [3.05, 3.63) is 83.7 Å². The Balaban J connectivity index is 1.47. The summed E-state index contributed by atoms with van der Waals surface area (Å²) in [5.41, 5.74) is -4.17. The average Bonchev–Trinajstić information content (AvgIpc) is 3.19. The Bertz CT molecular complexity index is 1510. The van der Waals surface area contributed by atoms with E-state index in [-0.39, 0.29) is 30.9 Å². The molecule has 0 aliphatic carbocycles. The number of amides is 4. The molecule has 10 nitrogen and oxygen atoms in total. The molecule has 0 unspecified atom stereocenters. The van der Waals surface area contributed by atoms with Crippen molar-refractivity contribution in [2.24, 2.45) is 0 Å². The van der Waals surface area contributed by atoms with Gasteiger partial charge in [0.25, 0.3) is 21.7 Å². The number of ether oxygens (including phenoxy) is 1. The molecule has 1 aliphatic heterocycles. The van der Waals surface area contributed by atoms with Gasteiger partial charge in [-0.2, -0.15) is 13.2 Å². The molecular weight excluding hydrogens is 541 g/mol. The smallest absolute Gasteiger partial charge is 0.497 e. The maximum atomic E-state index is 13.0. The molecule has 2 aromatic carbocycles. The number of urea groups is 1. The predicted molar refractivity (Wildman–Crippen MR) is 131 cm³/mol. The Kier molecular flexibility index (Phi) is 7.58. The first-order valence-corrected chi connectivity index (χ1v) is 12.8. The number of rotatable bonds is 8. The van der Waals surface area contributed by atoms with E-state index < -0.39 is 38.1 Å². The molecule has 1 fully saturated rings. The number of methoxy groups -OCH3 is 1. The van der Waals surface area contributed by atoms with Gasteiger partial charge in [-0.1, -0.05) is 12.1 Å². The van der Waals surface area contributed by atoms with Gasteiger partial charge in [-0.05, 0) is 53.6 Å². The monoisotopic (exact) mass is 562 g/mol. The van der Waals surface area contributed by atoms with Crippen LogP contribution in [0, 0.1) is 0 Å². The number of pyridine rings is 1. The minimum Gasteiger partial charge on any atom is -0.497 e. The minimum atomic E-state index is -5.58. The number of sulfone groups is 1. The molecule has 14 heteroatoms. The Morgan fingerprint density at radius 3 is 2.33 bits per heavy atom. The topological polar surface area (TPSA) is 126 Å². The van der Waals surface area contributed by atoms with Gasteiger partial charge in [-0.3, -0.25) is 14.6 Å². The van der Waals surface area contributed by atoms with E-state index in [9.17, 15) is 36.0 Å². The van der Waals surface area contributed by atoms with Crippen molar-refractivity contribution in [3.8, 4) is 5.75 Å². The Morgan fingerprint density at radius 2 is 1.72 bits per heavy atom. The number of aromatic nitrogens is 1. The van der Waals surface area contributed by atoms with E-state index in [1.165, 1.54) is 18.5 Å². The van der Waals surface area contributed by atoms with Gasteiger partial charge in [-0.15, -0.1) is 0 Å². The number of hydrogen-bond donors (Lipinski definition) is 1. The van der Waals surface area contributed by atoms with E-state index in [2.05, 4.69) is 10.3 Å². The van der Waals surface area contributed by atoms with Crippen LogP contribution < -0.4 is 15.0 Å². The van der Waals surface area contributed by atoms with E-state index in [0.717, 1.165) is 27.5 Å². The molecule has 204 valence electrons. The normalized spacial score (nSPS) is 14.1. The molecule has 0 radical (unpaired) electrons. The summed E-state index contributed by atoms with van der Waals surface area (Å²) >= 11 is 0. The zero-order valence-electron chi connectivity index (χ0n) is 20.3. The zero-order valence-corrected chi connectivity index (χ0v) is 21.1. The summed E-state index contributed by atoms with van der Waals surface area (Å²) in [5.74, 6) is -0.461. The first-order valence-electron chi connectivity index (χ1n) is 11.3. The molecule has 4 rings (SSSR count). The molecule has 2 heterocycles. The van der Waals surface area contributed by atoms with Crippen molar-refractivity contribution in [2.45, 2.75) is 23.5 Å². The van der Waals surface area contributed by atoms with Crippen LogP contribution in [0.2, 0.25) is 0 Å². The number of nitrogens with one attached hydrogen (secondary N) is 1. The Morgan fingerprint density at radius 1 is 1.05 bits per heavy atom. The van der Waals surface area contributed by atoms with Crippen LogP contribution in [-0.2, 0) is 27.7 Å². The second-order valence-electron chi connectivity index (χ2n) is 8.37. The lowest BCUT2D eigenvalue weighted by molar-refractivity contribution is -0.116. The highest BCUT2D eigenvalue weighted by Gasteiger charge is 2.47. The Labute approximate surface area is 220 Å². The summed E-state index contributed by atoms with van der Waals surface area (Å²) in [4.78, 5) is 43.3. The van der Waals surface area contributed by atoms with E-state index in [1.807, 2.05) is 0 Å². The van der Waals surface area contributed by atoms with Crippen LogP contribution in [0.1, 0.15) is 21.5 Å². The quantitative estimate of drug-likeness (QED) is 0.418. The largest absolute Gasteiger partial charge is 0.501 e. The van der Waals surface area contributed by atoms with Crippen LogP contribution in [0.15, 0.2) is 71.9 Å². The van der Waals surface area contributed by atoms with Crippen LogP contribution in [-0.4, -0.2) is 55.3 Å². The molecule has 0 saturated carbocycles. The Hall–Kier alpha value is -4.46. The van der Waals surface area contributed by atoms with Gasteiger partial charge in [0, 0.05) is 25.5 Å². The van der Waals surface area contributed by atoms with Crippen LogP contribution in [0.25, 0.3) is 0 Å². The fourth-order valence-corrected chi connectivity index (χ4v) is 4.59. The van der Waals surface area contributed by atoms with E-state index in [4.69, 9.17) is 4.74 Å². The van der Waals surface area contributed by atoms with Crippen molar-refractivity contribution < 1.29 is 40.7 Å². The van der Waals surface area contributed by atoms with Gasteiger partial charge >= 0.3 is 11.5 Å². The first-order chi connectivity index (χ1) is 18.4. The van der Waals surface area contributed by atoms with Crippen LogP contribution in [0.4, 0.5) is 23.7 Å². The molecular formula is C25H21F3N4O6S. The first kappa shape index (κ1) is 27.6. The van der Waals surface area contributed by atoms with Gasteiger partial charge in [0.2, 0.25) is 0 Å². The third-order valence-electron chi connectivity index (χ3n) is 5.88. The van der Waals surface area contributed by atoms with Crippen LogP contribution in [0.5, 0.6) is 5.75 Å². The van der Waals surface area contributed by atoms with Crippen molar-refractivity contribution >= 4 is 33.4 Å². The fourth-order valence-electron chi connectivity index (χ4n) is 3.83. The second-order valence-corrected chi connectivity index (χ2v) is 10.3. The lowest BCUT2D eigenvalue weighted by Gasteiger charge is -2.19. The SMILES string of the molecule is COc1ccc(CNC(=O)c2cnccc2CN2CC(=O)N(c3ccc(S(=O)(=O)C(F)(F)F)cc3)C2=O)cc1.